The summed E-state index contributed by atoms with van der Waals surface area (Å²) in [4.78, 5) is 12.4. The van der Waals surface area contributed by atoms with E-state index in [1.54, 1.807) is 18.2 Å². The van der Waals surface area contributed by atoms with Crippen LogP contribution in [0.25, 0.3) is 0 Å². The summed E-state index contributed by atoms with van der Waals surface area (Å²) in [5, 5.41) is 4.20. The number of ether oxygens (including phenoxy) is 1. The van der Waals surface area contributed by atoms with Crippen LogP contribution in [-0.4, -0.2) is 34.8 Å². The lowest BCUT2D eigenvalue weighted by Crippen LogP contribution is -2.26. The molecule has 0 heterocycles. The third-order valence-electron chi connectivity index (χ3n) is 5.11. The van der Waals surface area contributed by atoms with Crippen LogP contribution >= 0.6 is 23.2 Å². The maximum absolute atomic E-state index is 12.4. The van der Waals surface area contributed by atoms with Crippen molar-refractivity contribution in [2.24, 2.45) is 0 Å². The van der Waals surface area contributed by atoms with Crippen molar-refractivity contribution in [2.75, 3.05) is 25.1 Å². The first-order valence-corrected chi connectivity index (χ1v) is 11.7. The van der Waals surface area contributed by atoms with Crippen LogP contribution in [0.2, 0.25) is 10.0 Å². The molecular formula is C20H22Cl2N2O4S. The van der Waals surface area contributed by atoms with Gasteiger partial charge in [-0.3, -0.25) is 4.72 Å². The van der Waals surface area contributed by atoms with Crippen molar-refractivity contribution in [3.05, 3.63) is 62.6 Å². The number of hydrogen-bond acceptors (Lipinski definition) is 5. The maximum Gasteiger partial charge on any atom is 0.340 e. The van der Waals surface area contributed by atoms with Crippen LogP contribution in [0.4, 0.5) is 5.69 Å². The number of halogens is 2. The molecule has 0 aromatic heterocycles. The molecule has 0 aliphatic heterocycles. The van der Waals surface area contributed by atoms with Gasteiger partial charge in [-0.25, -0.2) is 13.2 Å². The van der Waals surface area contributed by atoms with Crippen LogP contribution in [0, 0.1) is 0 Å². The molecule has 2 unspecified atom stereocenters. The van der Waals surface area contributed by atoms with Gasteiger partial charge < -0.3 is 10.1 Å². The van der Waals surface area contributed by atoms with Crippen molar-refractivity contribution in [1.82, 2.24) is 5.32 Å². The number of esters is 1. The van der Waals surface area contributed by atoms with Gasteiger partial charge in [-0.2, -0.15) is 0 Å². The molecule has 0 saturated heterocycles. The van der Waals surface area contributed by atoms with Crippen LogP contribution in [0.1, 0.15) is 51.8 Å². The van der Waals surface area contributed by atoms with Crippen LogP contribution in [0.5, 0.6) is 0 Å². The van der Waals surface area contributed by atoms with E-state index in [-0.39, 0.29) is 23.2 Å². The zero-order chi connectivity index (χ0) is 21.3. The number of hydrogen-bond donors (Lipinski definition) is 2. The molecule has 0 amide bonds. The number of fused-ring (bicyclic) bond motifs is 1. The molecule has 1 aliphatic carbocycles. The highest BCUT2D eigenvalue weighted by Gasteiger charge is 2.31. The largest absolute Gasteiger partial charge is 0.465 e. The third kappa shape index (κ3) is 4.69. The molecule has 2 aromatic carbocycles. The molecule has 0 bridgehead atoms. The minimum absolute atomic E-state index is 0.0138. The summed E-state index contributed by atoms with van der Waals surface area (Å²) in [6, 6.07) is 8.96. The summed E-state index contributed by atoms with van der Waals surface area (Å²) in [5.41, 5.74) is 3.20. The Bertz CT molecular complexity index is 1060. The SMILES string of the molecule is CNC1CCC(c2ccc(Cl)c(Cl)c2)c2cc(C(=O)OC)c(NS(C)(=O)=O)cc21. The zero-order valence-electron chi connectivity index (χ0n) is 16.3. The van der Waals surface area contributed by atoms with E-state index in [1.165, 1.54) is 7.11 Å². The van der Waals surface area contributed by atoms with E-state index < -0.39 is 16.0 Å². The lowest BCUT2D eigenvalue weighted by Gasteiger charge is -2.33. The predicted molar refractivity (Wildman–Crippen MR) is 116 cm³/mol. The number of sulfonamides is 1. The molecule has 2 atom stereocenters. The molecule has 0 radical (unpaired) electrons. The topological polar surface area (TPSA) is 84.5 Å². The minimum Gasteiger partial charge on any atom is -0.465 e. The van der Waals surface area contributed by atoms with Gasteiger partial charge in [0, 0.05) is 12.0 Å². The van der Waals surface area contributed by atoms with Gasteiger partial charge in [-0.15, -0.1) is 0 Å². The van der Waals surface area contributed by atoms with Gasteiger partial charge in [0.2, 0.25) is 10.0 Å². The smallest absolute Gasteiger partial charge is 0.340 e. The molecule has 0 fully saturated rings. The van der Waals surface area contributed by atoms with Crippen molar-refractivity contribution in [3.63, 3.8) is 0 Å². The minimum atomic E-state index is -3.58. The quantitative estimate of drug-likeness (QED) is 0.653. The second-order valence-corrected chi connectivity index (χ2v) is 9.60. The van der Waals surface area contributed by atoms with Crippen LogP contribution in [0.15, 0.2) is 30.3 Å². The Morgan fingerprint density at radius 3 is 2.41 bits per heavy atom. The number of carbonyl (C=O) groups excluding carboxylic acids is 1. The van der Waals surface area contributed by atoms with Crippen LogP contribution < -0.4 is 10.0 Å². The molecular weight excluding hydrogens is 435 g/mol. The molecule has 0 saturated carbocycles. The molecule has 2 N–H and O–H groups in total. The van der Waals surface area contributed by atoms with Gasteiger partial charge in [-0.1, -0.05) is 29.3 Å². The fraction of sp³-hybridized carbons (Fsp3) is 0.350. The third-order valence-corrected chi connectivity index (χ3v) is 6.44. The summed E-state index contributed by atoms with van der Waals surface area (Å²) < 4.78 is 31.0. The highest BCUT2D eigenvalue weighted by Crippen LogP contribution is 2.44. The van der Waals surface area contributed by atoms with Crippen molar-refractivity contribution < 1.29 is 17.9 Å². The van der Waals surface area contributed by atoms with E-state index in [9.17, 15) is 13.2 Å². The van der Waals surface area contributed by atoms with Crippen LogP contribution in [-0.2, 0) is 14.8 Å². The first-order chi connectivity index (χ1) is 13.6. The fourth-order valence-corrected chi connectivity index (χ4v) is 4.69. The number of nitrogens with one attached hydrogen (secondary N) is 2. The van der Waals surface area contributed by atoms with E-state index in [1.807, 2.05) is 19.2 Å². The Hall–Kier alpha value is -1.80. The predicted octanol–water partition coefficient (Wildman–Crippen LogP) is 4.34. The number of benzene rings is 2. The summed E-state index contributed by atoms with van der Waals surface area (Å²) in [6.07, 6.45) is 2.71. The second-order valence-electron chi connectivity index (χ2n) is 7.04. The molecule has 0 spiro atoms. The van der Waals surface area contributed by atoms with Crippen LogP contribution in [0.3, 0.4) is 0 Å². The Balaban J connectivity index is 2.21. The zero-order valence-corrected chi connectivity index (χ0v) is 18.6. The molecule has 6 nitrogen and oxygen atoms in total. The summed E-state index contributed by atoms with van der Waals surface area (Å²) in [7, 11) is -0.463. The number of anilines is 1. The van der Waals surface area contributed by atoms with Gasteiger partial charge in [0.15, 0.2) is 0 Å². The summed E-state index contributed by atoms with van der Waals surface area (Å²) in [6.45, 7) is 0. The molecule has 9 heteroatoms. The van der Waals surface area contributed by atoms with Crippen molar-refractivity contribution in [2.45, 2.75) is 24.8 Å². The Morgan fingerprint density at radius 2 is 1.83 bits per heavy atom. The lowest BCUT2D eigenvalue weighted by molar-refractivity contribution is 0.0601. The van der Waals surface area contributed by atoms with Crippen molar-refractivity contribution in [3.8, 4) is 0 Å². The Kier molecular flexibility index (Phi) is 6.43. The summed E-state index contributed by atoms with van der Waals surface area (Å²) in [5.74, 6) is -0.626. The molecule has 3 rings (SSSR count). The molecule has 156 valence electrons. The summed E-state index contributed by atoms with van der Waals surface area (Å²) >= 11 is 12.3. The lowest BCUT2D eigenvalue weighted by atomic mass is 9.76. The second kappa shape index (κ2) is 8.52. The maximum atomic E-state index is 12.4. The highest BCUT2D eigenvalue weighted by atomic mass is 35.5. The van der Waals surface area contributed by atoms with Gasteiger partial charge >= 0.3 is 5.97 Å². The fourth-order valence-electron chi connectivity index (χ4n) is 3.82. The molecule has 2 aromatic rings. The van der Waals surface area contributed by atoms with Gasteiger partial charge in [0.1, 0.15) is 0 Å². The molecule has 29 heavy (non-hydrogen) atoms. The van der Waals surface area contributed by atoms with E-state index in [2.05, 4.69) is 10.0 Å². The van der Waals surface area contributed by atoms with Crippen molar-refractivity contribution in [1.29, 1.82) is 0 Å². The van der Waals surface area contributed by atoms with Gasteiger partial charge in [-0.05, 0) is 60.8 Å². The normalized spacial score (nSPS) is 18.8. The van der Waals surface area contributed by atoms with Crippen molar-refractivity contribution >= 4 is 44.9 Å². The molecule has 1 aliphatic rings. The Morgan fingerprint density at radius 1 is 1.10 bits per heavy atom. The monoisotopic (exact) mass is 456 g/mol. The van der Waals surface area contributed by atoms with Gasteiger partial charge in [0.25, 0.3) is 0 Å². The van der Waals surface area contributed by atoms with E-state index >= 15 is 0 Å². The first-order valence-electron chi connectivity index (χ1n) is 9.00. The van der Waals surface area contributed by atoms with E-state index in [0.717, 1.165) is 35.8 Å². The average Bonchev–Trinajstić information content (AvgIpc) is 2.67. The standard InChI is InChI=1S/C20H22Cl2N2O4S/c1-23-18-7-5-12(11-4-6-16(21)17(22)8-11)13-9-15(20(25)28-2)19(10-14(13)18)24-29(3,26)27/h4,6,8-10,12,18,23-24H,5,7H2,1-3H3. The number of carbonyl (C=O) groups is 1. The van der Waals surface area contributed by atoms with E-state index in [4.69, 9.17) is 27.9 Å². The average molecular weight is 457 g/mol. The highest BCUT2D eigenvalue weighted by molar-refractivity contribution is 7.92. The Labute approximate surface area is 180 Å². The van der Waals surface area contributed by atoms with Gasteiger partial charge in [0.05, 0.1) is 34.7 Å². The van der Waals surface area contributed by atoms with E-state index in [0.29, 0.717) is 10.0 Å². The number of methoxy groups -OCH3 is 1. The first kappa shape index (κ1) is 21.9. The number of rotatable bonds is 5.